The van der Waals surface area contributed by atoms with E-state index in [1.807, 2.05) is 12.1 Å². The molecule has 0 spiro atoms. The van der Waals surface area contributed by atoms with E-state index in [4.69, 9.17) is 5.53 Å². The summed E-state index contributed by atoms with van der Waals surface area (Å²) in [4.78, 5) is 2.74. The molecule has 0 N–H and O–H groups in total. The summed E-state index contributed by atoms with van der Waals surface area (Å²) in [5.74, 6) is 3.11. The minimum absolute atomic E-state index is 0.611. The van der Waals surface area contributed by atoms with Crippen LogP contribution in [-0.2, 0) is 0 Å². The molecule has 15 heavy (non-hydrogen) atoms. The molecule has 0 atom stereocenters. The van der Waals surface area contributed by atoms with Gasteiger partial charge in [0.15, 0.2) is 0 Å². The number of azide groups is 1. The van der Waals surface area contributed by atoms with E-state index < -0.39 is 8.07 Å². The van der Waals surface area contributed by atoms with E-state index in [9.17, 15) is 0 Å². The van der Waals surface area contributed by atoms with Gasteiger partial charge in [-0.3, -0.25) is 0 Å². The Morgan fingerprint density at radius 3 is 2.67 bits per heavy atom. The smallest absolute Gasteiger partial charge is 0.127 e. The lowest BCUT2D eigenvalue weighted by atomic mass is 10.2. The molecular weight excluding hydrogens is 202 g/mol. The van der Waals surface area contributed by atoms with Crippen LogP contribution in [-0.4, -0.2) is 8.07 Å². The first-order valence-corrected chi connectivity index (χ1v) is 8.19. The summed E-state index contributed by atoms with van der Waals surface area (Å²) in [6, 6.07) is 7.33. The Labute approximate surface area is 90.8 Å². The van der Waals surface area contributed by atoms with Gasteiger partial charge in [0.25, 0.3) is 0 Å². The molecule has 76 valence electrons. The molecule has 0 aliphatic heterocycles. The molecule has 4 heteroatoms. The summed E-state index contributed by atoms with van der Waals surface area (Å²) < 4.78 is 0. The van der Waals surface area contributed by atoms with E-state index in [1.165, 1.54) is 0 Å². The van der Waals surface area contributed by atoms with Crippen LogP contribution in [0.3, 0.4) is 0 Å². The number of hydrogen-bond acceptors (Lipinski definition) is 1. The minimum Gasteiger partial charge on any atom is -0.127 e. The van der Waals surface area contributed by atoms with E-state index in [0.29, 0.717) is 5.69 Å². The number of hydrogen-bond donors (Lipinski definition) is 0. The van der Waals surface area contributed by atoms with Crippen molar-refractivity contribution in [3.05, 3.63) is 40.3 Å². The lowest BCUT2D eigenvalue weighted by Crippen LogP contribution is -2.16. The van der Waals surface area contributed by atoms with E-state index in [0.717, 1.165) is 5.56 Å². The fraction of sp³-hybridized carbons (Fsp3) is 0.273. The molecule has 0 saturated carbocycles. The normalized spacial score (nSPS) is 9.80. The second-order valence-electron chi connectivity index (χ2n) is 4.24. The predicted octanol–water partition coefficient (Wildman–Crippen LogP) is 3.86. The fourth-order valence-corrected chi connectivity index (χ4v) is 1.48. The van der Waals surface area contributed by atoms with Crippen molar-refractivity contribution in [2.75, 3.05) is 0 Å². The van der Waals surface area contributed by atoms with Gasteiger partial charge in [0.05, 0.1) is 0 Å². The first kappa shape index (κ1) is 11.4. The molecule has 0 bridgehead atoms. The van der Waals surface area contributed by atoms with Crippen molar-refractivity contribution in [1.29, 1.82) is 0 Å². The van der Waals surface area contributed by atoms with Crippen molar-refractivity contribution in [1.82, 2.24) is 0 Å². The van der Waals surface area contributed by atoms with Crippen LogP contribution in [0, 0.1) is 11.5 Å². The topological polar surface area (TPSA) is 48.8 Å². The largest absolute Gasteiger partial charge is 0.129 e. The van der Waals surface area contributed by atoms with Crippen molar-refractivity contribution in [2.24, 2.45) is 5.11 Å². The average molecular weight is 215 g/mol. The summed E-state index contributed by atoms with van der Waals surface area (Å²) in [5, 5.41) is 3.54. The molecule has 1 aromatic rings. The highest BCUT2D eigenvalue weighted by Crippen LogP contribution is 2.13. The van der Waals surface area contributed by atoms with Crippen LogP contribution in [0.4, 0.5) is 5.69 Å². The monoisotopic (exact) mass is 215 g/mol. The van der Waals surface area contributed by atoms with Gasteiger partial charge < -0.3 is 0 Å². The van der Waals surface area contributed by atoms with E-state index >= 15 is 0 Å². The molecule has 0 aromatic heterocycles. The molecule has 1 rings (SSSR count). The van der Waals surface area contributed by atoms with Crippen molar-refractivity contribution < 1.29 is 0 Å². The van der Waals surface area contributed by atoms with Gasteiger partial charge in [-0.2, -0.15) is 0 Å². The zero-order valence-corrected chi connectivity index (χ0v) is 10.2. The lowest BCUT2D eigenvalue weighted by Gasteiger charge is -2.03. The zero-order valence-electron chi connectivity index (χ0n) is 9.15. The van der Waals surface area contributed by atoms with Crippen LogP contribution >= 0.6 is 0 Å². The first-order valence-electron chi connectivity index (χ1n) is 4.69. The third-order valence-corrected chi connectivity index (χ3v) is 2.46. The van der Waals surface area contributed by atoms with E-state index in [2.05, 4.69) is 41.1 Å². The molecule has 0 radical (unpaired) electrons. The van der Waals surface area contributed by atoms with Crippen molar-refractivity contribution >= 4 is 13.8 Å². The molecule has 3 nitrogen and oxygen atoms in total. The lowest BCUT2D eigenvalue weighted by molar-refractivity contribution is 1.47. The molecule has 0 heterocycles. The van der Waals surface area contributed by atoms with E-state index in [-0.39, 0.29) is 0 Å². The Kier molecular flexibility index (Phi) is 3.56. The minimum atomic E-state index is -1.34. The van der Waals surface area contributed by atoms with E-state index in [1.54, 1.807) is 12.1 Å². The van der Waals surface area contributed by atoms with Gasteiger partial charge in [-0.15, -0.1) is 5.54 Å². The Morgan fingerprint density at radius 2 is 2.07 bits per heavy atom. The Balaban J connectivity index is 3.00. The molecule has 0 aliphatic rings. The van der Waals surface area contributed by atoms with Crippen LogP contribution in [0.25, 0.3) is 10.4 Å². The number of nitrogens with zero attached hydrogens (tertiary/aromatic N) is 3. The van der Waals surface area contributed by atoms with Crippen LogP contribution in [0.2, 0.25) is 19.6 Å². The van der Waals surface area contributed by atoms with Crippen LogP contribution < -0.4 is 0 Å². The second-order valence-corrected chi connectivity index (χ2v) is 8.99. The standard InChI is InChI=1S/C11H13N3Si/c1-15(2,3)8-7-10-5-4-6-11(9-10)13-14-12/h4-6,9H,1-3H3. The highest BCUT2D eigenvalue weighted by Gasteiger charge is 2.07. The third-order valence-electron chi connectivity index (χ3n) is 1.59. The maximum absolute atomic E-state index is 8.30. The van der Waals surface area contributed by atoms with Gasteiger partial charge in [0.1, 0.15) is 8.07 Å². The van der Waals surface area contributed by atoms with Crippen molar-refractivity contribution in [3.8, 4) is 11.5 Å². The Bertz CT molecular complexity index is 457. The molecule has 0 unspecified atom stereocenters. The van der Waals surface area contributed by atoms with Gasteiger partial charge in [-0.1, -0.05) is 42.8 Å². The highest BCUT2D eigenvalue weighted by molar-refractivity contribution is 6.83. The zero-order chi connectivity index (χ0) is 11.3. The van der Waals surface area contributed by atoms with Gasteiger partial charge in [0.2, 0.25) is 0 Å². The summed E-state index contributed by atoms with van der Waals surface area (Å²) in [7, 11) is -1.34. The third kappa shape index (κ3) is 4.36. The molecular formula is C11H13N3Si. The van der Waals surface area contributed by atoms with Gasteiger partial charge in [0, 0.05) is 16.2 Å². The predicted molar refractivity (Wildman–Crippen MR) is 65.5 cm³/mol. The fourth-order valence-electron chi connectivity index (χ4n) is 0.957. The maximum atomic E-state index is 8.30. The van der Waals surface area contributed by atoms with Crippen LogP contribution in [0.1, 0.15) is 5.56 Å². The van der Waals surface area contributed by atoms with Gasteiger partial charge >= 0.3 is 0 Å². The summed E-state index contributed by atoms with van der Waals surface area (Å²) in [6.45, 7) is 6.58. The second kappa shape index (κ2) is 4.69. The molecule has 0 amide bonds. The number of benzene rings is 1. The molecule has 0 aliphatic carbocycles. The Hall–Kier alpha value is -1.69. The quantitative estimate of drug-likeness (QED) is 0.224. The maximum Gasteiger partial charge on any atom is 0.129 e. The van der Waals surface area contributed by atoms with Gasteiger partial charge in [-0.05, 0) is 17.7 Å². The first-order chi connectivity index (χ1) is 7.01. The van der Waals surface area contributed by atoms with Gasteiger partial charge in [-0.25, -0.2) is 0 Å². The molecule has 1 aromatic carbocycles. The summed E-state index contributed by atoms with van der Waals surface area (Å²) in [5.41, 5.74) is 13.1. The molecule has 0 fully saturated rings. The number of rotatable bonds is 1. The Morgan fingerprint density at radius 1 is 1.33 bits per heavy atom. The summed E-state index contributed by atoms with van der Waals surface area (Å²) >= 11 is 0. The summed E-state index contributed by atoms with van der Waals surface area (Å²) in [6.07, 6.45) is 0. The van der Waals surface area contributed by atoms with Crippen molar-refractivity contribution in [2.45, 2.75) is 19.6 Å². The SMILES string of the molecule is C[Si](C)(C)C#Cc1cccc(N=[N+]=[N-])c1. The van der Waals surface area contributed by atoms with Crippen molar-refractivity contribution in [3.63, 3.8) is 0 Å². The molecule has 0 saturated heterocycles. The average Bonchev–Trinajstić information content (AvgIpc) is 2.15. The van der Waals surface area contributed by atoms with Crippen LogP contribution in [0.5, 0.6) is 0 Å². The van der Waals surface area contributed by atoms with Crippen LogP contribution in [0.15, 0.2) is 29.4 Å². The highest BCUT2D eigenvalue weighted by atomic mass is 28.3.